The number of benzene rings is 1. The van der Waals surface area contributed by atoms with Crippen LogP contribution in [0.2, 0.25) is 0 Å². The maximum Gasteiger partial charge on any atom is 0.416 e. The van der Waals surface area contributed by atoms with Crippen molar-refractivity contribution in [1.82, 2.24) is 5.32 Å². The van der Waals surface area contributed by atoms with Crippen molar-refractivity contribution in [1.29, 1.82) is 0 Å². The third-order valence-electron chi connectivity index (χ3n) is 2.71. The van der Waals surface area contributed by atoms with Crippen LogP contribution in [0.15, 0.2) is 24.3 Å². The van der Waals surface area contributed by atoms with Crippen molar-refractivity contribution in [3.8, 4) is 0 Å². The second kappa shape index (κ2) is 6.56. The van der Waals surface area contributed by atoms with Gasteiger partial charge in [0.25, 0.3) is 0 Å². The molecule has 1 amide bonds. The zero-order valence-electron chi connectivity index (χ0n) is 10.6. The lowest BCUT2D eigenvalue weighted by Gasteiger charge is -2.15. The van der Waals surface area contributed by atoms with Gasteiger partial charge in [0.2, 0.25) is 5.91 Å². The molecule has 0 radical (unpaired) electrons. The van der Waals surface area contributed by atoms with Gasteiger partial charge in [-0.05, 0) is 18.1 Å². The second-order valence-corrected chi connectivity index (χ2v) is 4.27. The second-order valence-electron chi connectivity index (χ2n) is 4.27. The number of nitrogens with two attached hydrogens (primary N) is 1. The highest BCUT2D eigenvalue weighted by molar-refractivity contribution is 5.81. The number of hydrogen-bond acceptors (Lipinski definition) is 2. The lowest BCUT2D eigenvalue weighted by atomic mass is 10.1. The van der Waals surface area contributed by atoms with E-state index in [1.807, 2.05) is 6.92 Å². The van der Waals surface area contributed by atoms with Gasteiger partial charge >= 0.3 is 6.18 Å². The van der Waals surface area contributed by atoms with Crippen LogP contribution < -0.4 is 11.1 Å². The van der Waals surface area contributed by atoms with Crippen molar-refractivity contribution in [3.63, 3.8) is 0 Å². The van der Waals surface area contributed by atoms with Crippen LogP contribution >= 0.6 is 0 Å². The Morgan fingerprint density at radius 3 is 2.58 bits per heavy atom. The Bertz CT molecular complexity index is 432. The van der Waals surface area contributed by atoms with Gasteiger partial charge in [0.05, 0.1) is 11.6 Å². The summed E-state index contributed by atoms with van der Waals surface area (Å²) in [4.78, 5) is 11.5. The Hall–Kier alpha value is -1.56. The van der Waals surface area contributed by atoms with Gasteiger partial charge in [-0.25, -0.2) is 0 Å². The molecule has 0 fully saturated rings. The topological polar surface area (TPSA) is 55.1 Å². The average Bonchev–Trinajstić information content (AvgIpc) is 2.35. The molecule has 0 aliphatic carbocycles. The minimum Gasteiger partial charge on any atom is -0.351 e. The SMILES string of the molecule is CCC[C@H](N)C(=O)NCc1ccccc1C(F)(F)F. The quantitative estimate of drug-likeness (QED) is 0.866. The van der Waals surface area contributed by atoms with Gasteiger partial charge in [-0.3, -0.25) is 4.79 Å². The maximum absolute atomic E-state index is 12.7. The summed E-state index contributed by atoms with van der Waals surface area (Å²) < 4.78 is 38.1. The first kappa shape index (κ1) is 15.5. The molecule has 0 saturated carbocycles. The number of halogens is 3. The number of nitrogens with one attached hydrogen (secondary N) is 1. The molecule has 0 bridgehead atoms. The van der Waals surface area contributed by atoms with Crippen LogP contribution in [0.4, 0.5) is 13.2 Å². The number of alkyl halides is 3. The maximum atomic E-state index is 12.7. The molecule has 0 aliphatic heterocycles. The third-order valence-corrected chi connectivity index (χ3v) is 2.71. The average molecular weight is 274 g/mol. The Labute approximate surface area is 110 Å². The largest absolute Gasteiger partial charge is 0.416 e. The van der Waals surface area contributed by atoms with Crippen LogP contribution in [0.25, 0.3) is 0 Å². The van der Waals surface area contributed by atoms with Gasteiger partial charge in [-0.15, -0.1) is 0 Å². The highest BCUT2D eigenvalue weighted by Gasteiger charge is 2.32. The van der Waals surface area contributed by atoms with E-state index in [4.69, 9.17) is 5.73 Å². The minimum atomic E-state index is -4.42. The van der Waals surface area contributed by atoms with Crippen molar-refractivity contribution in [2.75, 3.05) is 0 Å². The molecule has 1 aromatic rings. The van der Waals surface area contributed by atoms with Gasteiger partial charge in [-0.2, -0.15) is 13.2 Å². The molecule has 19 heavy (non-hydrogen) atoms. The van der Waals surface area contributed by atoms with E-state index in [9.17, 15) is 18.0 Å². The zero-order valence-corrected chi connectivity index (χ0v) is 10.6. The van der Waals surface area contributed by atoms with Crippen LogP contribution in [0.5, 0.6) is 0 Å². The van der Waals surface area contributed by atoms with Crippen LogP contribution in [0.1, 0.15) is 30.9 Å². The minimum absolute atomic E-state index is 0.0343. The van der Waals surface area contributed by atoms with Gasteiger partial charge in [0, 0.05) is 6.54 Å². The first-order valence-corrected chi connectivity index (χ1v) is 6.04. The number of carbonyl (C=O) groups excluding carboxylic acids is 1. The lowest BCUT2D eigenvalue weighted by Crippen LogP contribution is -2.40. The molecule has 1 rings (SSSR count). The number of carbonyl (C=O) groups is 1. The molecule has 0 unspecified atom stereocenters. The van der Waals surface area contributed by atoms with Crippen LogP contribution in [0, 0.1) is 0 Å². The third kappa shape index (κ3) is 4.55. The summed E-state index contributed by atoms with van der Waals surface area (Å²) in [5, 5.41) is 2.43. The number of amides is 1. The fraction of sp³-hybridized carbons (Fsp3) is 0.462. The van der Waals surface area contributed by atoms with E-state index in [2.05, 4.69) is 5.32 Å². The molecule has 1 atom stereocenters. The smallest absolute Gasteiger partial charge is 0.351 e. The van der Waals surface area contributed by atoms with E-state index in [1.54, 1.807) is 0 Å². The van der Waals surface area contributed by atoms with E-state index in [0.717, 1.165) is 12.5 Å². The van der Waals surface area contributed by atoms with Gasteiger partial charge in [-0.1, -0.05) is 31.5 Å². The lowest BCUT2D eigenvalue weighted by molar-refractivity contribution is -0.138. The number of hydrogen-bond donors (Lipinski definition) is 2. The van der Waals surface area contributed by atoms with Crippen molar-refractivity contribution in [2.45, 2.75) is 38.5 Å². The van der Waals surface area contributed by atoms with E-state index in [1.165, 1.54) is 18.2 Å². The fourth-order valence-corrected chi connectivity index (χ4v) is 1.71. The summed E-state index contributed by atoms with van der Waals surface area (Å²) in [5.74, 6) is -0.432. The molecule has 0 spiro atoms. The van der Waals surface area contributed by atoms with E-state index in [0.29, 0.717) is 6.42 Å². The molecule has 0 heterocycles. The van der Waals surface area contributed by atoms with Crippen molar-refractivity contribution >= 4 is 5.91 Å². The summed E-state index contributed by atoms with van der Waals surface area (Å²) in [6.07, 6.45) is -3.17. The van der Waals surface area contributed by atoms with E-state index in [-0.39, 0.29) is 12.1 Å². The predicted octanol–water partition coefficient (Wildman–Crippen LogP) is 2.45. The molecule has 0 saturated heterocycles. The molecule has 0 aliphatic rings. The summed E-state index contributed by atoms with van der Waals surface area (Å²) >= 11 is 0. The summed E-state index contributed by atoms with van der Waals surface area (Å²) in [7, 11) is 0. The predicted molar refractivity (Wildman–Crippen MR) is 66.2 cm³/mol. The van der Waals surface area contributed by atoms with E-state index >= 15 is 0 Å². The summed E-state index contributed by atoms with van der Waals surface area (Å²) in [6.45, 7) is 1.71. The highest BCUT2D eigenvalue weighted by Crippen LogP contribution is 2.31. The first-order chi connectivity index (χ1) is 8.86. The van der Waals surface area contributed by atoms with Gasteiger partial charge in [0.1, 0.15) is 0 Å². The standard InChI is InChI=1S/C13H17F3N2O/c1-2-5-11(17)12(19)18-8-9-6-3-4-7-10(9)13(14,15)16/h3-4,6-7,11H,2,5,8,17H2,1H3,(H,18,19)/t11-/m0/s1. The Morgan fingerprint density at radius 2 is 2.00 bits per heavy atom. The molecule has 1 aromatic carbocycles. The molecule has 3 nitrogen and oxygen atoms in total. The molecule has 6 heteroatoms. The summed E-state index contributed by atoms with van der Waals surface area (Å²) in [6, 6.07) is 4.48. The highest BCUT2D eigenvalue weighted by atomic mass is 19.4. The number of rotatable bonds is 5. The van der Waals surface area contributed by atoms with Crippen molar-refractivity contribution in [2.24, 2.45) is 5.73 Å². The summed E-state index contributed by atoms with van der Waals surface area (Å²) in [5.41, 5.74) is 4.88. The van der Waals surface area contributed by atoms with E-state index < -0.39 is 23.7 Å². The molecule has 3 N–H and O–H groups in total. The van der Waals surface area contributed by atoms with Crippen LogP contribution in [-0.4, -0.2) is 11.9 Å². The van der Waals surface area contributed by atoms with Gasteiger partial charge in [0.15, 0.2) is 0 Å². The first-order valence-electron chi connectivity index (χ1n) is 6.04. The van der Waals surface area contributed by atoms with Crippen LogP contribution in [-0.2, 0) is 17.5 Å². The molecular weight excluding hydrogens is 257 g/mol. The Morgan fingerprint density at radius 1 is 1.37 bits per heavy atom. The van der Waals surface area contributed by atoms with Crippen molar-refractivity contribution in [3.05, 3.63) is 35.4 Å². The molecule has 106 valence electrons. The zero-order chi connectivity index (χ0) is 14.5. The fourth-order valence-electron chi connectivity index (χ4n) is 1.71. The normalized spacial score (nSPS) is 13.1. The van der Waals surface area contributed by atoms with Gasteiger partial charge < -0.3 is 11.1 Å². The molecule has 0 aromatic heterocycles. The monoisotopic (exact) mass is 274 g/mol. The Balaban J connectivity index is 2.71. The van der Waals surface area contributed by atoms with Crippen LogP contribution in [0.3, 0.4) is 0 Å². The van der Waals surface area contributed by atoms with Crippen molar-refractivity contribution < 1.29 is 18.0 Å². The molecular formula is C13H17F3N2O. The Kier molecular flexibility index (Phi) is 5.35.